The van der Waals surface area contributed by atoms with Crippen molar-refractivity contribution in [2.24, 2.45) is 0 Å². The van der Waals surface area contributed by atoms with E-state index in [2.05, 4.69) is 15.0 Å². The fourth-order valence-corrected chi connectivity index (χ4v) is 1.06. The SMILES string of the molecule is CC.CNCCC(C)=O.COCCCC=O.O=Cc1ccccn1. The van der Waals surface area contributed by atoms with Crippen molar-refractivity contribution in [2.45, 2.75) is 40.0 Å². The van der Waals surface area contributed by atoms with E-state index >= 15 is 0 Å². The van der Waals surface area contributed by atoms with Crippen LogP contribution in [0.15, 0.2) is 24.4 Å². The molecule has 6 nitrogen and oxygen atoms in total. The van der Waals surface area contributed by atoms with E-state index in [-0.39, 0.29) is 5.78 Å². The normalized spacial score (nSPS) is 8.21. The molecular weight excluding hydrogens is 308 g/mol. The molecule has 1 heterocycles. The summed E-state index contributed by atoms with van der Waals surface area (Å²) >= 11 is 0. The Balaban J connectivity index is -0.000000263. The third-order valence-electron chi connectivity index (χ3n) is 2.21. The fourth-order valence-electron chi connectivity index (χ4n) is 1.06. The van der Waals surface area contributed by atoms with E-state index in [4.69, 9.17) is 0 Å². The van der Waals surface area contributed by atoms with Crippen LogP contribution in [0.3, 0.4) is 0 Å². The maximum atomic E-state index is 10.2. The monoisotopic (exact) mass is 340 g/mol. The van der Waals surface area contributed by atoms with Gasteiger partial charge in [0.25, 0.3) is 0 Å². The predicted octanol–water partition coefficient (Wildman–Crippen LogP) is 2.72. The molecule has 0 aromatic carbocycles. The van der Waals surface area contributed by atoms with Crippen LogP contribution >= 0.6 is 0 Å². The molecule has 0 amide bonds. The fraction of sp³-hybridized carbons (Fsp3) is 0.556. The van der Waals surface area contributed by atoms with Crippen LogP contribution in [0, 0.1) is 0 Å². The molecule has 138 valence electrons. The molecule has 0 aliphatic rings. The molecule has 0 unspecified atom stereocenters. The second-order valence-electron chi connectivity index (χ2n) is 4.23. The average molecular weight is 340 g/mol. The molecule has 0 radical (unpaired) electrons. The molecule has 24 heavy (non-hydrogen) atoms. The topological polar surface area (TPSA) is 85.4 Å². The number of nitrogens with zero attached hydrogens (tertiary/aromatic N) is 1. The van der Waals surface area contributed by atoms with Crippen LogP contribution in [0.25, 0.3) is 0 Å². The van der Waals surface area contributed by atoms with Crippen LogP contribution in [-0.4, -0.2) is 50.6 Å². The molecule has 0 saturated carbocycles. The van der Waals surface area contributed by atoms with Crippen molar-refractivity contribution in [3.63, 3.8) is 0 Å². The zero-order chi connectivity index (χ0) is 19.1. The Morgan fingerprint density at radius 1 is 1.29 bits per heavy atom. The number of aldehydes is 2. The number of pyridine rings is 1. The second-order valence-corrected chi connectivity index (χ2v) is 4.23. The standard InChI is InChI=1S/C6H5NO.C5H11NO.C5H10O2.C2H6/c8-5-6-3-1-2-4-7-6;1-5(7)3-4-6-2;1-7-5-3-2-4-6;1-2/h1-5H;6H,3-4H2,1-2H3;4H,2-3,5H2,1H3;1-2H3. The van der Waals surface area contributed by atoms with Crippen molar-refractivity contribution >= 4 is 18.4 Å². The van der Waals surface area contributed by atoms with E-state index < -0.39 is 0 Å². The van der Waals surface area contributed by atoms with Gasteiger partial charge in [-0.25, -0.2) is 0 Å². The molecule has 0 atom stereocenters. The number of hydrogen-bond acceptors (Lipinski definition) is 6. The van der Waals surface area contributed by atoms with Crippen LogP contribution in [-0.2, 0) is 14.3 Å². The van der Waals surface area contributed by atoms with E-state index in [1.807, 2.05) is 20.9 Å². The second kappa shape index (κ2) is 26.0. The van der Waals surface area contributed by atoms with Crippen molar-refractivity contribution < 1.29 is 19.1 Å². The summed E-state index contributed by atoms with van der Waals surface area (Å²) in [4.78, 5) is 33.5. The van der Waals surface area contributed by atoms with E-state index in [0.717, 1.165) is 25.5 Å². The number of rotatable bonds is 8. The summed E-state index contributed by atoms with van der Waals surface area (Å²) in [6.45, 7) is 7.09. The van der Waals surface area contributed by atoms with Gasteiger partial charge in [0.1, 0.15) is 17.8 Å². The molecule has 1 rings (SSSR count). The maximum absolute atomic E-state index is 10.2. The molecular formula is C18H32N2O4. The molecule has 1 N–H and O–H groups in total. The molecule has 0 bridgehead atoms. The van der Waals surface area contributed by atoms with Crippen LogP contribution in [0.1, 0.15) is 50.5 Å². The van der Waals surface area contributed by atoms with E-state index in [0.29, 0.717) is 25.1 Å². The van der Waals surface area contributed by atoms with Gasteiger partial charge in [-0.3, -0.25) is 14.6 Å². The van der Waals surface area contributed by atoms with Gasteiger partial charge in [-0.2, -0.15) is 0 Å². The first-order valence-corrected chi connectivity index (χ1v) is 8.05. The van der Waals surface area contributed by atoms with Crippen molar-refractivity contribution in [2.75, 3.05) is 27.3 Å². The highest BCUT2D eigenvalue weighted by atomic mass is 16.5. The van der Waals surface area contributed by atoms with Gasteiger partial charge in [0.15, 0.2) is 6.29 Å². The summed E-state index contributed by atoms with van der Waals surface area (Å²) in [5.74, 6) is 0.245. The van der Waals surface area contributed by atoms with Gasteiger partial charge in [0.05, 0.1) is 0 Å². The number of ether oxygens (including phenoxy) is 1. The average Bonchev–Trinajstić information content (AvgIpc) is 2.64. The van der Waals surface area contributed by atoms with Crippen molar-refractivity contribution in [1.82, 2.24) is 10.3 Å². The molecule has 0 saturated heterocycles. The van der Waals surface area contributed by atoms with Gasteiger partial charge in [0.2, 0.25) is 0 Å². The first-order chi connectivity index (χ1) is 11.6. The number of methoxy groups -OCH3 is 1. The number of ketones is 1. The molecule has 0 fully saturated rings. The van der Waals surface area contributed by atoms with Crippen LogP contribution in [0.5, 0.6) is 0 Å². The van der Waals surface area contributed by atoms with Gasteiger partial charge >= 0.3 is 0 Å². The number of aromatic nitrogens is 1. The first kappa shape index (κ1) is 27.0. The number of unbranched alkanes of at least 4 members (excludes halogenated alkanes) is 1. The summed E-state index contributed by atoms with van der Waals surface area (Å²) in [6, 6.07) is 5.21. The number of carbonyl (C=O) groups is 3. The Morgan fingerprint density at radius 3 is 2.25 bits per heavy atom. The quantitative estimate of drug-likeness (QED) is 0.578. The minimum absolute atomic E-state index is 0.245. The highest BCUT2D eigenvalue weighted by Crippen LogP contribution is 1.85. The van der Waals surface area contributed by atoms with Gasteiger partial charge in [0, 0.05) is 39.3 Å². The summed E-state index contributed by atoms with van der Waals surface area (Å²) in [5.41, 5.74) is 0.479. The Morgan fingerprint density at radius 2 is 1.96 bits per heavy atom. The van der Waals surface area contributed by atoms with Crippen molar-refractivity contribution in [3.8, 4) is 0 Å². The van der Waals surface area contributed by atoms with Gasteiger partial charge in [-0.1, -0.05) is 19.9 Å². The van der Waals surface area contributed by atoms with Gasteiger partial charge in [-0.15, -0.1) is 0 Å². The first-order valence-electron chi connectivity index (χ1n) is 8.05. The summed E-state index contributed by atoms with van der Waals surface area (Å²) < 4.78 is 4.69. The van der Waals surface area contributed by atoms with E-state index in [1.54, 1.807) is 38.4 Å². The largest absolute Gasteiger partial charge is 0.385 e. The third kappa shape index (κ3) is 28.3. The Hall–Kier alpha value is -1.92. The summed E-state index contributed by atoms with van der Waals surface area (Å²) in [5, 5.41) is 2.88. The van der Waals surface area contributed by atoms with Crippen LogP contribution in [0.2, 0.25) is 0 Å². The third-order valence-corrected chi connectivity index (χ3v) is 2.21. The minimum atomic E-state index is 0.245. The van der Waals surface area contributed by atoms with Crippen molar-refractivity contribution in [3.05, 3.63) is 30.1 Å². The van der Waals surface area contributed by atoms with Crippen LogP contribution in [0.4, 0.5) is 0 Å². The summed E-state index contributed by atoms with van der Waals surface area (Å²) in [6.07, 6.45) is 5.33. The molecule has 1 aromatic rings. The highest BCUT2D eigenvalue weighted by molar-refractivity contribution is 5.75. The smallest absolute Gasteiger partial charge is 0.168 e. The Bertz CT molecular complexity index is 384. The lowest BCUT2D eigenvalue weighted by Gasteiger charge is -1.89. The lowest BCUT2D eigenvalue weighted by molar-refractivity contribution is -0.116. The highest BCUT2D eigenvalue weighted by Gasteiger charge is 1.86. The molecule has 0 spiro atoms. The Kier molecular flexibility index (Phi) is 29.2. The summed E-state index contributed by atoms with van der Waals surface area (Å²) in [7, 11) is 3.47. The number of Topliss-reactive ketones (excluding diaryl/α,β-unsaturated/α-hetero) is 1. The maximum Gasteiger partial charge on any atom is 0.168 e. The zero-order valence-electron chi connectivity index (χ0n) is 15.6. The van der Waals surface area contributed by atoms with E-state index in [1.165, 1.54) is 0 Å². The lowest BCUT2D eigenvalue weighted by atomic mass is 10.3. The lowest BCUT2D eigenvalue weighted by Crippen LogP contribution is -2.10. The molecule has 1 aromatic heterocycles. The predicted molar refractivity (Wildman–Crippen MR) is 97.4 cm³/mol. The Labute approximate surface area is 146 Å². The molecule has 6 heteroatoms. The molecule has 0 aliphatic heterocycles. The van der Waals surface area contributed by atoms with Crippen LogP contribution < -0.4 is 5.32 Å². The minimum Gasteiger partial charge on any atom is -0.385 e. The number of hydrogen-bond donors (Lipinski definition) is 1. The van der Waals surface area contributed by atoms with Crippen molar-refractivity contribution in [1.29, 1.82) is 0 Å². The van der Waals surface area contributed by atoms with E-state index in [9.17, 15) is 14.4 Å². The molecule has 0 aliphatic carbocycles. The zero-order valence-corrected chi connectivity index (χ0v) is 15.6. The number of carbonyl (C=O) groups excluding carboxylic acids is 3. The number of nitrogens with one attached hydrogen (secondary N) is 1. The van der Waals surface area contributed by atoms with Gasteiger partial charge < -0.3 is 14.8 Å². The van der Waals surface area contributed by atoms with Gasteiger partial charge in [-0.05, 0) is 32.5 Å².